The molecule has 1 aliphatic heterocycles. The van der Waals surface area contributed by atoms with Gasteiger partial charge in [-0.05, 0) is 25.0 Å². The molecule has 3 N–H and O–H groups in total. The average molecular weight is 291 g/mol. The van der Waals surface area contributed by atoms with Gasteiger partial charge in [-0.3, -0.25) is 9.59 Å². The van der Waals surface area contributed by atoms with Gasteiger partial charge in [0.2, 0.25) is 0 Å². The molecule has 1 aliphatic rings. The van der Waals surface area contributed by atoms with Crippen molar-refractivity contribution in [3.63, 3.8) is 0 Å². The van der Waals surface area contributed by atoms with Crippen LogP contribution >= 0.6 is 11.8 Å². The van der Waals surface area contributed by atoms with Crippen LogP contribution in [0.15, 0.2) is 35.3 Å². The molecule has 2 rings (SSSR count). The lowest BCUT2D eigenvalue weighted by molar-refractivity contribution is -0.117. The van der Waals surface area contributed by atoms with Crippen LogP contribution in [-0.2, 0) is 4.79 Å². The Labute approximate surface area is 122 Å². The Morgan fingerprint density at radius 1 is 1.30 bits per heavy atom. The number of nitrogens with two attached hydrogens (primary N) is 1. The molecule has 1 unspecified atom stereocenters. The molecule has 0 aromatic heterocycles. The fraction of sp³-hybridized carbons (Fsp3) is 0.357. The predicted octanol–water partition coefficient (Wildman–Crippen LogP) is 1.54. The highest BCUT2D eigenvalue weighted by Gasteiger charge is 2.25. The minimum absolute atomic E-state index is 0.0653. The number of thioether (sulfide) groups is 1. The first kappa shape index (κ1) is 14.6. The van der Waals surface area contributed by atoms with Crippen LogP contribution in [0.3, 0.4) is 0 Å². The zero-order valence-electron chi connectivity index (χ0n) is 11.0. The Bertz CT molecular complexity index is 516. The fourth-order valence-corrected chi connectivity index (χ4v) is 2.81. The summed E-state index contributed by atoms with van der Waals surface area (Å²) < 4.78 is 0. The third-order valence-corrected chi connectivity index (χ3v) is 4.03. The summed E-state index contributed by atoms with van der Waals surface area (Å²) in [5.74, 6) is -0.203. The number of hydrogen-bond acceptors (Lipinski definition) is 4. The topological polar surface area (TPSA) is 84.5 Å². The van der Waals surface area contributed by atoms with Gasteiger partial charge >= 0.3 is 0 Å². The van der Waals surface area contributed by atoms with Gasteiger partial charge < -0.3 is 11.1 Å². The van der Waals surface area contributed by atoms with E-state index in [1.807, 2.05) is 18.2 Å². The van der Waals surface area contributed by atoms with Crippen molar-refractivity contribution in [3.8, 4) is 0 Å². The van der Waals surface area contributed by atoms with Crippen molar-refractivity contribution in [3.05, 3.63) is 35.9 Å². The number of carbonyl (C=O) groups excluding carboxylic acids is 2. The van der Waals surface area contributed by atoms with E-state index in [0.717, 1.165) is 19.3 Å². The van der Waals surface area contributed by atoms with E-state index in [-0.39, 0.29) is 17.1 Å². The molecule has 0 fully saturated rings. The molecule has 5 nitrogen and oxygen atoms in total. The van der Waals surface area contributed by atoms with E-state index in [1.165, 1.54) is 11.8 Å². The van der Waals surface area contributed by atoms with Crippen LogP contribution in [0.25, 0.3) is 0 Å². The summed E-state index contributed by atoms with van der Waals surface area (Å²) in [5.41, 5.74) is 6.15. The van der Waals surface area contributed by atoms with Crippen molar-refractivity contribution in [2.45, 2.75) is 24.5 Å². The van der Waals surface area contributed by atoms with Crippen molar-refractivity contribution in [2.75, 3.05) is 6.54 Å². The Morgan fingerprint density at radius 2 is 2.05 bits per heavy atom. The van der Waals surface area contributed by atoms with Gasteiger partial charge in [-0.2, -0.15) is 4.99 Å². The van der Waals surface area contributed by atoms with Gasteiger partial charge in [0.25, 0.3) is 11.8 Å². The fourth-order valence-electron chi connectivity index (χ4n) is 1.93. The predicted molar refractivity (Wildman–Crippen MR) is 80.6 cm³/mol. The molecule has 0 spiro atoms. The number of carbonyl (C=O) groups is 2. The number of aliphatic imine (C=N–C) groups is 1. The van der Waals surface area contributed by atoms with E-state index in [4.69, 9.17) is 5.73 Å². The average Bonchev–Trinajstić information content (AvgIpc) is 2.77. The van der Waals surface area contributed by atoms with Crippen LogP contribution in [0.1, 0.15) is 29.6 Å². The standard InChI is InChI=1S/C14H17N3O2S/c15-14-17-13(19)11(20-14)8-4-5-9-16-12(18)10-6-2-1-3-7-10/h1-3,6-7,11H,4-5,8-9H2,(H,16,18)(H2,15,17,19). The molecule has 106 valence electrons. The Balaban J connectivity index is 1.61. The highest BCUT2D eigenvalue weighted by molar-refractivity contribution is 8.15. The molecule has 0 saturated heterocycles. The van der Waals surface area contributed by atoms with Crippen molar-refractivity contribution in [1.82, 2.24) is 5.32 Å². The first-order valence-corrected chi connectivity index (χ1v) is 7.42. The van der Waals surface area contributed by atoms with E-state index < -0.39 is 0 Å². The monoisotopic (exact) mass is 291 g/mol. The summed E-state index contributed by atoms with van der Waals surface area (Å²) in [6.07, 6.45) is 2.44. The lowest BCUT2D eigenvalue weighted by atomic mass is 10.1. The van der Waals surface area contributed by atoms with Crippen molar-refractivity contribution in [2.24, 2.45) is 10.7 Å². The molecule has 20 heavy (non-hydrogen) atoms. The minimum Gasteiger partial charge on any atom is -0.378 e. The first-order chi connectivity index (χ1) is 9.66. The van der Waals surface area contributed by atoms with E-state index >= 15 is 0 Å². The molecule has 0 bridgehead atoms. The number of amidine groups is 1. The van der Waals surface area contributed by atoms with Gasteiger partial charge in [-0.15, -0.1) is 0 Å². The van der Waals surface area contributed by atoms with E-state index in [2.05, 4.69) is 10.3 Å². The second-order valence-corrected chi connectivity index (χ2v) is 5.74. The zero-order chi connectivity index (χ0) is 14.4. The number of amides is 2. The number of rotatable bonds is 6. The van der Waals surface area contributed by atoms with Crippen molar-refractivity contribution < 1.29 is 9.59 Å². The summed E-state index contributed by atoms with van der Waals surface area (Å²) in [5, 5.41) is 3.08. The number of unbranched alkanes of at least 4 members (excludes halogenated alkanes) is 1. The van der Waals surface area contributed by atoms with E-state index in [9.17, 15) is 9.59 Å². The van der Waals surface area contributed by atoms with Crippen molar-refractivity contribution in [1.29, 1.82) is 0 Å². The number of nitrogens with one attached hydrogen (secondary N) is 1. The Hall–Kier alpha value is -1.82. The van der Waals surface area contributed by atoms with E-state index in [1.54, 1.807) is 12.1 Å². The van der Waals surface area contributed by atoms with Gasteiger partial charge in [0, 0.05) is 12.1 Å². The molecule has 1 atom stereocenters. The van der Waals surface area contributed by atoms with E-state index in [0.29, 0.717) is 17.3 Å². The second-order valence-electron chi connectivity index (χ2n) is 4.51. The number of benzene rings is 1. The maximum Gasteiger partial charge on any atom is 0.261 e. The number of nitrogens with zero attached hydrogens (tertiary/aromatic N) is 1. The molecule has 1 aromatic carbocycles. The van der Waals surface area contributed by atoms with Gasteiger partial charge in [0.05, 0.1) is 5.25 Å². The third-order valence-electron chi connectivity index (χ3n) is 2.97. The molecule has 1 heterocycles. The summed E-state index contributed by atoms with van der Waals surface area (Å²) in [4.78, 5) is 26.8. The molecule has 2 amide bonds. The van der Waals surface area contributed by atoms with Gasteiger partial charge in [-0.1, -0.05) is 36.4 Å². The highest BCUT2D eigenvalue weighted by atomic mass is 32.2. The molecular formula is C14H17N3O2S. The van der Waals surface area contributed by atoms with Crippen LogP contribution < -0.4 is 11.1 Å². The quantitative estimate of drug-likeness (QED) is 0.779. The van der Waals surface area contributed by atoms with Crippen LogP contribution in [0.4, 0.5) is 0 Å². The molecular weight excluding hydrogens is 274 g/mol. The largest absolute Gasteiger partial charge is 0.378 e. The summed E-state index contributed by atoms with van der Waals surface area (Å²) in [7, 11) is 0. The number of hydrogen-bond donors (Lipinski definition) is 2. The van der Waals surface area contributed by atoms with Crippen molar-refractivity contribution >= 4 is 28.7 Å². The van der Waals surface area contributed by atoms with Crippen LogP contribution in [-0.4, -0.2) is 28.8 Å². The van der Waals surface area contributed by atoms with Crippen LogP contribution in [0.5, 0.6) is 0 Å². The first-order valence-electron chi connectivity index (χ1n) is 6.55. The van der Waals surface area contributed by atoms with Gasteiger partial charge in [0.15, 0.2) is 5.17 Å². The molecule has 0 radical (unpaired) electrons. The van der Waals surface area contributed by atoms with Crippen LogP contribution in [0, 0.1) is 0 Å². The Kier molecular flexibility index (Phi) is 5.17. The Morgan fingerprint density at radius 3 is 2.70 bits per heavy atom. The van der Waals surface area contributed by atoms with Gasteiger partial charge in [-0.25, -0.2) is 0 Å². The third kappa shape index (κ3) is 4.09. The van der Waals surface area contributed by atoms with Crippen LogP contribution in [0.2, 0.25) is 0 Å². The summed E-state index contributed by atoms with van der Waals surface area (Å²) in [6, 6.07) is 9.11. The van der Waals surface area contributed by atoms with Gasteiger partial charge in [0.1, 0.15) is 0 Å². The highest BCUT2D eigenvalue weighted by Crippen LogP contribution is 2.24. The maximum atomic E-state index is 11.8. The lowest BCUT2D eigenvalue weighted by Gasteiger charge is -2.07. The normalized spacial score (nSPS) is 17.9. The summed E-state index contributed by atoms with van der Waals surface area (Å²) >= 11 is 1.33. The minimum atomic E-state index is -0.139. The SMILES string of the molecule is NC1=NC(=O)C(CCCCNC(=O)c2ccccc2)S1. The zero-order valence-corrected chi connectivity index (χ0v) is 11.9. The summed E-state index contributed by atoms with van der Waals surface area (Å²) in [6.45, 7) is 0.607. The molecule has 0 aliphatic carbocycles. The lowest BCUT2D eigenvalue weighted by Crippen LogP contribution is -2.24. The second kappa shape index (κ2) is 7.09. The molecule has 6 heteroatoms. The molecule has 0 saturated carbocycles. The molecule has 1 aromatic rings. The maximum absolute atomic E-state index is 11.8. The smallest absolute Gasteiger partial charge is 0.261 e.